The molecule has 0 aliphatic carbocycles. The van der Waals surface area contributed by atoms with E-state index in [-0.39, 0.29) is 16.3 Å². The van der Waals surface area contributed by atoms with Crippen LogP contribution >= 0.6 is 11.6 Å². The Morgan fingerprint density at radius 1 is 1.11 bits per heavy atom. The van der Waals surface area contributed by atoms with Gasteiger partial charge in [-0.15, -0.1) is 0 Å². The van der Waals surface area contributed by atoms with Crippen molar-refractivity contribution < 1.29 is 27.1 Å². The Morgan fingerprint density at radius 2 is 1.68 bits per heavy atom. The van der Waals surface area contributed by atoms with E-state index < -0.39 is 32.6 Å². The fraction of sp³-hybridized carbons (Fsp3) is 0.0588. The number of benzene rings is 2. The number of sulfonamides is 1. The van der Waals surface area contributed by atoms with Crippen LogP contribution in [0, 0.1) is 0 Å². The summed E-state index contributed by atoms with van der Waals surface area (Å²) >= 11 is 6.10. The molecule has 0 unspecified atom stereocenters. The van der Waals surface area contributed by atoms with Gasteiger partial charge in [-0.1, -0.05) is 41.9 Å². The van der Waals surface area contributed by atoms with E-state index in [2.05, 4.69) is 5.10 Å². The second kappa shape index (κ2) is 6.97. The molecule has 7 nitrogen and oxygen atoms in total. The minimum absolute atomic E-state index is 0.0292. The van der Waals surface area contributed by atoms with Gasteiger partial charge in [0.25, 0.3) is 0 Å². The first-order valence-electron chi connectivity index (χ1n) is 7.62. The van der Waals surface area contributed by atoms with Crippen molar-refractivity contribution in [2.45, 2.75) is 10.8 Å². The highest BCUT2D eigenvalue weighted by Gasteiger charge is 2.47. The zero-order valence-corrected chi connectivity index (χ0v) is 15.5. The fourth-order valence-electron chi connectivity index (χ4n) is 2.51. The standard InChI is InChI=1S/C17H12ClF2N3O4S/c18-13-14(10-4-2-1-3-5-10)23(22-15(13)17(19,20)16(24)25)11-6-8-12(9-7-11)28(21,26)27/h1-9H,(H,24,25)(H2,21,26,27). The van der Waals surface area contributed by atoms with Gasteiger partial charge in [0.05, 0.1) is 21.3 Å². The van der Waals surface area contributed by atoms with Crippen LogP contribution in [-0.4, -0.2) is 29.3 Å². The number of nitrogens with two attached hydrogens (primary N) is 1. The molecule has 3 rings (SSSR count). The van der Waals surface area contributed by atoms with Crippen molar-refractivity contribution in [1.82, 2.24) is 9.78 Å². The van der Waals surface area contributed by atoms with Crippen LogP contribution in [0.4, 0.5) is 8.78 Å². The molecule has 0 radical (unpaired) electrons. The van der Waals surface area contributed by atoms with E-state index in [4.69, 9.17) is 21.8 Å². The van der Waals surface area contributed by atoms with Crippen LogP contribution in [0.3, 0.4) is 0 Å². The van der Waals surface area contributed by atoms with Crippen LogP contribution < -0.4 is 5.14 Å². The predicted octanol–water partition coefficient (Wildman–Crippen LogP) is 3.02. The average molecular weight is 428 g/mol. The molecule has 0 amide bonds. The van der Waals surface area contributed by atoms with Crippen molar-refractivity contribution in [3.63, 3.8) is 0 Å². The Balaban J connectivity index is 2.27. The van der Waals surface area contributed by atoms with E-state index in [0.717, 1.165) is 4.68 Å². The summed E-state index contributed by atoms with van der Waals surface area (Å²) in [6, 6.07) is 13.1. The van der Waals surface area contributed by atoms with Gasteiger partial charge in [-0.05, 0) is 24.3 Å². The first-order valence-corrected chi connectivity index (χ1v) is 9.54. The third-order valence-corrected chi connectivity index (χ3v) is 5.14. The molecule has 11 heteroatoms. The summed E-state index contributed by atoms with van der Waals surface area (Å²) in [7, 11) is -3.95. The Labute approximate surface area is 163 Å². The number of carbonyl (C=O) groups is 1. The lowest BCUT2D eigenvalue weighted by Crippen LogP contribution is -2.26. The summed E-state index contributed by atoms with van der Waals surface area (Å²) in [5.41, 5.74) is -0.513. The van der Waals surface area contributed by atoms with E-state index in [1.807, 2.05) is 0 Å². The van der Waals surface area contributed by atoms with Gasteiger partial charge >= 0.3 is 11.9 Å². The average Bonchev–Trinajstić information content (AvgIpc) is 2.99. The van der Waals surface area contributed by atoms with Crippen molar-refractivity contribution in [3.05, 3.63) is 65.3 Å². The number of rotatable bonds is 5. The van der Waals surface area contributed by atoms with Crippen molar-refractivity contribution >= 4 is 27.6 Å². The van der Waals surface area contributed by atoms with Gasteiger partial charge in [-0.3, -0.25) is 0 Å². The number of primary sulfonamides is 1. The maximum atomic E-state index is 14.1. The van der Waals surface area contributed by atoms with Crippen LogP contribution in [-0.2, 0) is 20.7 Å². The lowest BCUT2D eigenvalue weighted by molar-refractivity contribution is -0.166. The smallest absolute Gasteiger partial charge is 0.387 e. The number of nitrogens with zero attached hydrogens (tertiary/aromatic N) is 2. The maximum absolute atomic E-state index is 14.1. The summed E-state index contributed by atoms with van der Waals surface area (Å²) in [6.45, 7) is 0. The third-order valence-electron chi connectivity index (χ3n) is 3.85. The monoisotopic (exact) mass is 427 g/mol. The predicted molar refractivity (Wildman–Crippen MR) is 96.9 cm³/mol. The largest absolute Gasteiger partial charge is 0.476 e. The van der Waals surface area contributed by atoms with Crippen molar-refractivity contribution in [2.24, 2.45) is 5.14 Å². The van der Waals surface area contributed by atoms with E-state index in [0.29, 0.717) is 5.56 Å². The number of halogens is 3. The topological polar surface area (TPSA) is 115 Å². The highest BCUT2D eigenvalue weighted by molar-refractivity contribution is 7.89. The molecule has 0 spiro atoms. The Bertz CT molecular complexity index is 1150. The van der Waals surface area contributed by atoms with Gasteiger partial charge in [0.1, 0.15) is 0 Å². The normalized spacial score (nSPS) is 12.1. The minimum Gasteiger partial charge on any atom is -0.476 e. The zero-order valence-electron chi connectivity index (χ0n) is 13.9. The number of aliphatic carboxylic acids is 1. The molecule has 0 fully saturated rings. The fourth-order valence-corrected chi connectivity index (χ4v) is 3.37. The summed E-state index contributed by atoms with van der Waals surface area (Å²) in [4.78, 5) is 10.8. The summed E-state index contributed by atoms with van der Waals surface area (Å²) in [6.07, 6.45) is 0. The van der Waals surface area contributed by atoms with Crippen LogP contribution in [0.2, 0.25) is 5.02 Å². The first-order chi connectivity index (χ1) is 13.0. The SMILES string of the molecule is NS(=O)(=O)c1ccc(-n2nc(C(F)(F)C(=O)O)c(Cl)c2-c2ccccc2)cc1. The molecular formula is C17H12ClF2N3O4S. The molecule has 0 aliphatic rings. The van der Waals surface area contributed by atoms with Gasteiger partial charge in [0, 0.05) is 5.56 Å². The van der Waals surface area contributed by atoms with Crippen LogP contribution in [0.25, 0.3) is 16.9 Å². The van der Waals surface area contributed by atoms with Crippen molar-refractivity contribution in [2.75, 3.05) is 0 Å². The Kier molecular flexibility index (Phi) is 4.96. The highest BCUT2D eigenvalue weighted by Crippen LogP contribution is 2.40. The molecule has 0 atom stereocenters. The minimum atomic E-state index is -4.33. The van der Waals surface area contributed by atoms with Gasteiger partial charge in [-0.2, -0.15) is 13.9 Å². The van der Waals surface area contributed by atoms with Crippen molar-refractivity contribution in [3.8, 4) is 16.9 Å². The Hall–Kier alpha value is -2.82. The Morgan fingerprint density at radius 3 is 2.18 bits per heavy atom. The molecule has 2 aromatic carbocycles. The molecule has 1 heterocycles. The second-order valence-electron chi connectivity index (χ2n) is 5.71. The van der Waals surface area contributed by atoms with Gasteiger partial charge in [0.15, 0.2) is 5.69 Å². The van der Waals surface area contributed by atoms with E-state index in [1.165, 1.54) is 24.3 Å². The molecule has 28 heavy (non-hydrogen) atoms. The lowest BCUT2D eigenvalue weighted by Gasteiger charge is -2.09. The van der Waals surface area contributed by atoms with Crippen molar-refractivity contribution in [1.29, 1.82) is 0 Å². The van der Waals surface area contributed by atoms with Crippen LogP contribution in [0.15, 0.2) is 59.5 Å². The molecule has 146 valence electrons. The number of carboxylic acids is 1. The quantitative estimate of drug-likeness (QED) is 0.649. The number of aromatic nitrogens is 2. The number of hydrogen-bond donors (Lipinski definition) is 2. The first kappa shape index (κ1) is 19.9. The highest BCUT2D eigenvalue weighted by atomic mass is 35.5. The van der Waals surface area contributed by atoms with Crippen LogP contribution in [0.1, 0.15) is 5.69 Å². The molecule has 0 saturated carbocycles. The summed E-state index contributed by atoms with van der Waals surface area (Å²) < 4.78 is 52.1. The van der Waals surface area contributed by atoms with Gasteiger partial charge < -0.3 is 5.11 Å². The van der Waals surface area contributed by atoms with Gasteiger partial charge in [0.2, 0.25) is 10.0 Å². The zero-order chi connectivity index (χ0) is 20.7. The molecule has 0 aliphatic heterocycles. The number of hydrogen-bond acceptors (Lipinski definition) is 4. The molecule has 0 saturated heterocycles. The lowest BCUT2D eigenvalue weighted by atomic mass is 10.1. The van der Waals surface area contributed by atoms with E-state index in [9.17, 15) is 22.0 Å². The summed E-state index contributed by atoms with van der Waals surface area (Å²) in [5, 5.41) is 17.1. The maximum Gasteiger partial charge on any atom is 0.387 e. The third kappa shape index (κ3) is 3.49. The molecule has 0 bridgehead atoms. The molecule has 1 aromatic heterocycles. The van der Waals surface area contributed by atoms with Gasteiger partial charge in [-0.25, -0.2) is 23.0 Å². The molecular weight excluding hydrogens is 416 g/mol. The van der Waals surface area contributed by atoms with E-state index >= 15 is 0 Å². The summed E-state index contributed by atoms with van der Waals surface area (Å²) in [5.74, 6) is -6.73. The number of alkyl halides is 2. The second-order valence-corrected chi connectivity index (χ2v) is 7.65. The number of carboxylic acid groups (broad SMARTS) is 1. The van der Waals surface area contributed by atoms with Crippen LogP contribution in [0.5, 0.6) is 0 Å². The van der Waals surface area contributed by atoms with E-state index in [1.54, 1.807) is 30.3 Å². The molecule has 3 N–H and O–H groups in total. The molecule has 3 aromatic rings.